The molecule has 2 nitrogen and oxygen atoms in total. The molecule has 0 aliphatic heterocycles. The summed E-state index contributed by atoms with van der Waals surface area (Å²) < 4.78 is 11.5. The van der Waals surface area contributed by atoms with Crippen molar-refractivity contribution in [2.75, 3.05) is 20.0 Å². The lowest BCUT2D eigenvalue weighted by Crippen LogP contribution is -2.53. The van der Waals surface area contributed by atoms with Gasteiger partial charge in [-0.05, 0) is 22.9 Å². The van der Waals surface area contributed by atoms with Crippen molar-refractivity contribution in [3.8, 4) is 0 Å². The Hall–Kier alpha value is -0.293. The van der Waals surface area contributed by atoms with Crippen molar-refractivity contribution in [1.82, 2.24) is 0 Å². The van der Waals surface area contributed by atoms with E-state index in [-0.39, 0.29) is 0 Å². The van der Waals surface area contributed by atoms with Gasteiger partial charge in [-0.3, -0.25) is 0 Å². The van der Waals surface area contributed by atoms with Gasteiger partial charge in [0.05, 0.1) is 0 Å². The number of benzene rings is 1. The minimum absolute atomic E-state index is 0.495. The maximum atomic E-state index is 5.73. The highest BCUT2D eigenvalue weighted by molar-refractivity contribution is 7.80. The van der Waals surface area contributed by atoms with Gasteiger partial charge in [0, 0.05) is 14.2 Å². The molecule has 1 atom stereocenters. The Morgan fingerprint density at radius 2 is 1.75 bits per heavy atom. The second-order valence-electron chi connectivity index (χ2n) is 4.02. The smallest absolute Gasteiger partial charge is 0.372 e. The molecule has 4 heteroatoms. The first-order valence-corrected chi connectivity index (χ1v) is 8.11. The molecule has 0 heterocycles. The van der Waals surface area contributed by atoms with E-state index >= 15 is 0 Å². The van der Waals surface area contributed by atoms with Gasteiger partial charge in [-0.25, -0.2) is 0 Å². The van der Waals surface area contributed by atoms with Crippen LogP contribution in [0.15, 0.2) is 30.3 Å². The predicted octanol–water partition coefficient (Wildman–Crippen LogP) is 2.19. The highest BCUT2D eigenvalue weighted by Gasteiger charge is 2.39. The molecule has 1 rings (SSSR count). The van der Waals surface area contributed by atoms with Crippen LogP contribution < -0.4 is 5.19 Å². The number of rotatable bonds is 6. The number of thiol groups is 1. The van der Waals surface area contributed by atoms with Crippen molar-refractivity contribution in [3.63, 3.8) is 0 Å². The van der Waals surface area contributed by atoms with Crippen LogP contribution in [0.5, 0.6) is 0 Å². The van der Waals surface area contributed by atoms with Crippen LogP contribution in [0.1, 0.15) is 6.92 Å². The third kappa shape index (κ3) is 3.10. The fourth-order valence-corrected chi connectivity index (χ4v) is 5.16. The van der Waals surface area contributed by atoms with Gasteiger partial charge < -0.3 is 8.85 Å². The zero-order valence-electron chi connectivity index (χ0n) is 10.1. The van der Waals surface area contributed by atoms with Crippen molar-refractivity contribution >= 4 is 26.4 Å². The van der Waals surface area contributed by atoms with E-state index < -0.39 is 8.56 Å². The fraction of sp³-hybridized carbons (Fsp3) is 0.500. The first-order valence-electron chi connectivity index (χ1n) is 5.45. The molecule has 16 heavy (non-hydrogen) atoms. The van der Waals surface area contributed by atoms with Gasteiger partial charge in [-0.2, -0.15) is 12.6 Å². The molecule has 1 aromatic carbocycles. The lowest BCUT2D eigenvalue weighted by molar-refractivity contribution is 0.252. The van der Waals surface area contributed by atoms with Crippen molar-refractivity contribution < 1.29 is 8.85 Å². The van der Waals surface area contributed by atoms with E-state index in [0.717, 1.165) is 11.8 Å². The van der Waals surface area contributed by atoms with Gasteiger partial charge >= 0.3 is 8.56 Å². The van der Waals surface area contributed by atoms with E-state index in [0.29, 0.717) is 5.92 Å². The lowest BCUT2D eigenvalue weighted by Gasteiger charge is -2.29. The Balaban J connectivity index is 2.96. The lowest BCUT2D eigenvalue weighted by atomic mass is 10.3. The molecular formula is C12H20O2SSi. The average Bonchev–Trinajstić information content (AvgIpc) is 2.37. The van der Waals surface area contributed by atoms with E-state index in [4.69, 9.17) is 8.85 Å². The van der Waals surface area contributed by atoms with Gasteiger partial charge in [-0.1, -0.05) is 37.3 Å². The molecular weight excluding hydrogens is 236 g/mol. The fourth-order valence-electron chi connectivity index (χ4n) is 1.82. The summed E-state index contributed by atoms with van der Waals surface area (Å²) in [5, 5.41) is 1.19. The molecule has 0 aliphatic rings. The van der Waals surface area contributed by atoms with Crippen molar-refractivity contribution in [1.29, 1.82) is 0 Å². The number of hydrogen-bond donors (Lipinski definition) is 1. The largest absolute Gasteiger partial charge is 0.394 e. The molecule has 1 unspecified atom stereocenters. The molecule has 0 radical (unpaired) electrons. The van der Waals surface area contributed by atoms with Crippen molar-refractivity contribution in [3.05, 3.63) is 30.3 Å². The third-order valence-electron chi connectivity index (χ3n) is 2.80. The van der Waals surface area contributed by atoms with Crippen LogP contribution in [0.3, 0.4) is 0 Å². The zero-order chi connectivity index (χ0) is 12.0. The summed E-state index contributed by atoms with van der Waals surface area (Å²) in [6.45, 7) is 2.18. The van der Waals surface area contributed by atoms with Crippen LogP contribution in [0.25, 0.3) is 0 Å². The molecule has 0 aromatic heterocycles. The molecule has 0 N–H and O–H groups in total. The van der Waals surface area contributed by atoms with Gasteiger partial charge in [0.2, 0.25) is 0 Å². The van der Waals surface area contributed by atoms with E-state index in [2.05, 4.69) is 31.7 Å². The molecule has 1 aromatic rings. The monoisotopic (exact) mass is 256 g/mol. The Morgan fingerprint density at radius 1 is 1.19 bits per heavy atom. The predicted molar refractivity (Wildman–Crippen MR) is 73.7 cm³/mol. The Morgan fingerprint density at radius 3 is 2.19 bits per heavy atom. The summed E-state index contributed by atoms with van der Waals surface area (Å²) in [6, 6.07) is 11.2. The van der Waals surface area contributed by atoms with Gasteiger partial charge in [-0.15, -0.1) is 0 Å². The zero-order valence-corrected chi connectivity index (χ0v) is 12.0. The molecule has 0 fully saturated rings. The second-order valence-corrected chi connectivity index (χ2v) is 7.69. The minimum Gasteiger partial charge on any atom is -0.394 e. The minimum atomic E-state index is -2.25. The van der Waals surface area contributed by atoms with Crippen LogP contribution >= 0.6 is 12.6 Å². The first kappa shape index (κ1) is 13.8. The number of hydrogen-bond acceptors (Lipinski definition) is 3. The van der Waals surface area contributed by atoms with E-state index in [1.165, 1.54) is 5.19 Å². The molecule has 90 valence electrons. The average molecular weight is 256 g/mol. The quantitative estimate of drug-likeness (QED) is 0.621. The van der Waals surface area contributed by atoms with Crippen LogP contribution in [0, 0.1) is 5.92 Å². The van der Waals surface area contributed by atoms with Crippen molar-refractivity contribution in [2.45, 2.75) is 13.0 Å². The normalized spacial score (nSPS) is 13.8. The highest BCUT2D eigenvalue weighted by atomic mass is 32.1. The summed E-state index contributed by atoms with van der Waals surface area (Å²) in [5.41, 5.74) is 0. The standard InChI is InChI=1S/C12H20O2SSi/c1-11(9-15)10-16(13-2,14-3)12-7-5-4-6-8-12/h4-8,11,15H,9-10H2,1-3H3. The molecule has 0 spiro atoms. The topological polar surface area (TPSA) is 18.5 Å². The van der Waals surface area contributed by atoms with Crippen LogP contribution in [0.2, 0.25) is 6.04 Å². The van der Waals surface area contributed by atoms with Crippen molar-refractivity contribution in [2.24, 2.45) is 5.92 Å². The van der Waals surface area contributed by atoms with Gasteiger partial charge in [0.25, 0.3) is 0 Å². The summed E-state index contributed by atoms with van der Waals surface area (Å²) in [4.78, 5) is 0. The van der Waals surface area contributed by atoms with Gasteiger partial charge in [0.15, 0.2) is 0 Å². The Kier molecular flexibility index (Phi) is 5.55. The second kappa shape index (κ2) is 6.44. The van der Waals surface area contributed by atoms with E-state index in [1.807, 2.05) is 18.2 Å². The maximum Gasteiger partial charge on any atom is 0.372 e. The summed E-state index contributed by atoms with van der Waals surface area (Å²) in [6.07, 6.45) is 0. The summed E-state index contributed by atoms with van der Waals surface area (Å²) in [7, 11) is 1.24. The SMILES string of the molecule is CO[Si](CC(C)CS)(OC)c1ccccc1. The van der Waals surface area contributed by atoms with Crippen LogP contribution in [-0.2, 0) is 8.85 Å². The Labute approximate surface area is 105 Å². The third-order valence-corrected chi connectivity index (χ3v) is 7.19. The molecule has 0 saturated heterocycles. The molecule has 0 saturated carbocycles. The first-order chi connectivity index (χ1) is 7.68. The van der Waals surface area contributed by atoms with E-state index in [1.54, 1.807) is 14.2 Å². The molecule has 0 amide bonds. The van der Waals surface area contributed by atoms with Crippen LogP contribution in [-0.4, -0.2) is 28.5 Å². The maximum absolute atomic E-state index is 5.73. The Bertz CT molecular complexity index is 301. The summed E-state index contributed by atoms with van der Waals surface area (Å²) >= 11 is 4.33. The highest BCUT2D eigenvalue weighted by Crippen LogP contribution is 2.19. The van der Waals surface area contributed by atoms with Crippen LogP contribution in [0.4, 0.5) is 0 Å². The summed E-state index contributed by atoms with van der Waals surface area (Å²) in [5.74, 6) is 1.35. The molecule has 0 bridgehead atoms. The van der Waals surface area contributed by atoms with Gasteiger partial charge in [0.1, 0.15) is 0 Å². The van der Waals surface area contributed by atoms with E-state index in [9.17, 15) is 0 Å². The molecule has 0 aliphatic carbocycles.